The van der Waals surface area contributed by atoms with Gasteiger partial charge in [-0.15, -0.1) is 11.3 Å². The van der Waals surface area contributed by atoms with Gasteiger partial charge in [-0.05, 0) is 36.9 Å². The van der Waals surface area contributed by atoms with Crippen LogP contribution in [0, 0.1) is 5.41 Å². The molecule has 1 aromatic heterocycles. The van der Waals surface area contributed by atoms with Crippen LogP contribution in [0.5, 0.6) is 0 Å². The largest absolute Gasteiger partial charge is 0.312 e. The van der Waals surface area contributed by atoms with E-state index in [1.54, 1.807) is 10.4 Å². The second kappa shape index (κ2) is 6.13. The van der Waals surface area contributed by atoms with E-state index in [0.29, 0.717) is 17.3 Å². The van der Waals surface area contributed by atoms with Crippen LogP contribution in [0.3, 0.4) is 0 Å². The second-order valence-corrected chi connectivity index (χ2v) is 9.44. The monoisotopic (exact) mass is 316 g/mol. The van der Waals surface area contributed by atoms with Gasteiger partial charge in [-0.2, -0.15) is 4.31 Å². The maximum Gasteiger partial charge on any atom is 0.252 e. The third kappa shape index (κ3) is 3.61. The Morgan fingerprint density at radius 3 is 2.80 bits per heavy atom. The summed E-state index contributed by atoms with van der Waals surface area (Å²) < 4.78 is 27.5. The van der Waals surface area contributed by atoms with Crippen molar-refractivity contribution < 1.29 is 8.42 Å². The molecule has 0 bridgehead atoms. The van der Waals surface area contributed by atoms with Gasteiger partial charge >= 0.3 is 0 Å². The standard InChI is InChI=1S/C14H24N2O2S2/c1-4-15-10-12-6-7-13(19-12)20(17,18)16-9-5-8-14(2,3)11-16/h6-7,15H,4-5,8-11H2,1-3H3. The number of thiophene rings is 1. The molecule has 0 saturated carbocycles. The lowest BCUT2D eigenvalue weighted by molar-refractivity contribution is 0.187. The van der Waals surface area contributed by atoms with Crippen molar-refractivity contribution in [2.75, 3.05) is 19.6 Å². The van der Waals surface area contributed by atoms with Gasteiger partial charge in [0.05, 0.1) is 0 Å². The third-order valence-electron chi connectivity index (χ3n) is 3.65. The van der Waals surface area contributed by atoms with Gasteiger partial charge in [-0.25, -0.2) is 8.42 Å². The van der Waals surface area contributed by atoms with Crippen molar-refractivity contribution in [3.8, 4) is 0 Å². The number of piperidine rings is 1. The maximum absolute atomic E-state index is 12.7. The molecular formula is C14H24N2O2S2. The normalized spacial score (nSPS) is 20.1. The van der Waals surface area contributed by atoms with Crippen LogP contribution in [0.25, 0.3) is 0 Å². The summed E-state index contributed by atoms with van der Waals surface area (Å²) >= 11 is 1.38. The van der Waals surface area contributed by atoms with Gasteiger partial charge in [-0.3, -0.25) is 0 Å². The highest BCUT2D eigenvalue weighted by Gasteiger charge is 2.34. The zero-order valence-corrected chi connectivity index (χ0v) is 14.1. The lowest BCUT2D eigenvalue weighted by Crippen LogP contribution is -2.43. The van der Waals surface area contributed by atoms with E-state index in [1.807, 2.05) is 13.0 Å². The van der Waals surface area contributed by atoms with Crippen molar-refractivity contribution in [2.45, 2.75) is 44.4 Å². The highest BCUT2D eigenvalue weighted by atomic mass is 32.2. The summed E-state index contributed by atoms with van der Waals surface area (Å²) in [6, 6.07) is 3.66. The van der Waals surface area contributed by atoms with E-state index in [0.717, 1.165) is 30.8 Å². The number of sulfonamides is 1. The Hall–Kier alpha value is -0.430. The summed E-state index contributed by atoms with van der Waals surface area (Å²) in [4.78, 5) is 1.07. The predicted octanol–water partition coefficient (Wildman–Crippen LogP) is 2.67. The average molecular weight is 316 g/mol. The van der Waals surface area contributed by atoms with Crippen molar-refractivity contribution in [3.05, 3.63) is 17.0 Å². The van der Waals surface area contributed by atoms with Crippen LogP contribution in [0.2, 0.25) is 0 Å². The van der Waals surface area contributed by atoms with Gasteiger partial charge in [0.25, 0.3) is 10.0 Å². The minimum atomic E-state index is -3.31. The molecule has 1 aliphatic heterocycles. The lowest BCUT2D eigenvalue weighted by atomic mass is 9.85. The van der Waals surface area contributed by atoms with Crippen LogP contribution in [-0.2, 0) is 16.6 Å². The molecule has 2 rings (SSSR count). The van der Waals surface area contributed by atoms with E-state index in [-0.39, 0.29) is 5.41 Å². The minimum absolute atomic E-state index is 0.0785. The first-order valence-corrected chi connectivity index (χ1v) is 9.40. The molecule has 1 aromatic rings. The number of nitrogens with one attached hydrogen (secondary N) is 1. The van der Waals surface area contributed by atoms with Crippen LogP contribution in [0.4, 0.5) is 0 Å². The Bertz CT molecular complexity index is 549. The predicted molar refractivity (Wildman–Crippen MR) is 83.5 cm³/mol. The summed E-state index contributed by atoms with van der Waals surface area (Å²) in [6.07, 6.45) is 2.04. The summed E-state index contributed by atoms with van der Waals surface area (Å²) in [7, 11) is -3.31. The fraction of sp³-hybridized carbons (Fsp3) is 0.714. The fourth-order valence-corrected chi connectivity index (χ4v) is 5.69. The van der Waals surface area contributed by atoms with E-state index in [2.05, 4.69) is 19.2 Å². The number of nitrogens with zero attached hydrogens (tertiary/aromatic N) is 1. The van der Waals surface area contributed by atoms with E-state index in [4.69, 9.17) is 0 Å². The Balaban J connectivity index is 2.15. The topological polar surface area (TPSA) is 49.4 Å². The Kier molecular flexibility index (Phi) is 4.89. The van der Waals surface area contributed by atoms with Crippen molar-refractivity contribution in [1.29, 1.82) is 0 Å². The quantitative estimate of drug-likeness (QED) is 0.908. The summed E-state index contributed by atoms with van der Waals surface area (Å²) in [5, 5.41) is 3.22. The Labute approximate surface area is 126 Å². The first kappa shape index (κ1) is 15.9. The highest BCUT2D eigenvalue weighted by Crippen LogP contribution is 2.33. The molecule has 6 heteroatoms. The first-order chi connectivity index (χ1) is 9.35. The average Bonchev–Trinajstić information content (AvgIpc) is 2.84. The van der Waals surface area contributed by atoms with Gasteiger partial charge < -0.3 is 5.32 Å². The van der Waals surface area contributed by atoms with Gasteiger partial charge in [0.2, 0.25) is 0 Å². The zero-order chi connectivity index (χ0) is 14.8. The minimum Gasteiger partial charge on any atom is -0.312 e. The van der Waals surface area contributed by atoms with Crippen LogP contribution < -0.4 is 5.32 Å². The Morgan fingerprint density at radius 1 is 1.40 bits per heavy atom. The van der Waals surface area contributed by atoms with Crippen LogP contribution in [0.15, 0.2) is 16.3 Å². The summed E-state index contributed by atoms with van der Waals surface area (Å²) in [5.74, 6) is 0. The van der Waals surface area contributed by atoms with E-state index < -0.39 is 10.0 Å². The molecule has 20 heavy (non-hydrogen) atoms. The molecule has 0 aromatic carbocycles. The van der Waals surface area contributed by atoms with Gasteiger partial charge in [-0.1, -0.05) is 20.8 Å². The number of hydrogen-bond acceptors (Lipinski definition) is 4. The molecular weight excluding hydrogens is 292 g/mol. The molecule has 4 nitrogen and oxygen atoms in total. The number of hydrogen-bond donors (Lipinski definition) is 1. The van der Waals surface area contributed by atoms with Crippen molar-refractivity contribution in [3.63, 3.8) is 0 Å². The molecule has 0 spiro atoms. The molecule has 1 N–H and O–H groups in total. The summed E-state index contributed by atoms with van der Waals surface area (Å²) in [5.41, 5.74) is 0.0785. The zero-order valence-electron chi connectivity index (χ0n) is 12.5. The third-order valence-corrected chi connectivity index (χ3v) is 7.04. The van der Waals surface area contributed by atoms with Gasteiger partial charge in [0, 0.05) is 24.5 Å². The van der Waals surface area contributed by atoms with E-state index in [9.17, 15) is 8.42 Å². The van der Waals surface area contributed by atoms with Crippen LogP contribution in [-0.4, -0.2) is 32.4 Å². The summed E-state index contributed by atoms with van der Waals surface area (Å²) in [6.45, 7) is 9.21. The lowest BCUT2D eigenvalue weighted by Gasteiger charge is -2.36. The first-order valence-electron chi connectivity index (χ1n) is 7.15. The smallest absolute Gasteiger partial charge is 0.252 e. The highest BCUT2D eigenvalue weighted by molar-refractivity contribution is 7.91. The molecule has 114 valence electrons. The second-order valence-electron chi connectivity index (χ2n) is 6.11. The van der Waals surface area contributed by atoms with Crippen LogP contribution >= 0.6 is 11.3 Å². The molecule has 0 amide bonds. The van der Waals surface area contributed by atoms with Crippen LogP contribution in [0.1, 0.15) is 38.5 Å². The molecule has 0 unspecified atom stereocenters. The van der Waals surface area contributed by atoms with E-state index in [1.165, 1.54) is 11.3 Å². The molecule has 0 atom stereocenters. The molecule has 1 aliphatic rings. The van der Waals surface area contributed by atoms with E-state index >= 15 is 0 Å². The molecule has 0 aliphatic carbocycles. The SMILES string of the molecule is CCNCc1ccc(S(=O)(=O)N2CCCC(C)(C)C2)s1. The molecule has 0 radical (unpaired) electrons. The fourth-order valence-electron chi connectivity index (χ4n) is 2.54. The molecule has 1 fully saturated rings. The number of rotatable bonds is 5. The van der Waals surface area contributed by atoms with Crippen molar-refractivity contribution in [2.24, 2.45) is 5.41 Å². The van der Waals surface area contributed by atoms with Crippen molar-refractivity contribution >= 4 is 21.4 Å². The molecule has 1 saturated heterocycles. The Morgan fingerprint density at radius 2 is 2.15 bits per heavy atom. The maximum atomic E-state index is 12.7. The molecule has 2 heterocycles. The van der Waals surface area contributed by atoms with Crippen molar-refractivity contribution in [1.82, 2.24) is 9.62 Å². The van der Waals surface area contributed by atoms with Gasteiger partial charge in [0.15, 0.2) is 0 Å². The van der Waals surface area contributed by atoms with Gasteiger partial charge in [0.1, 0.15) is 4.21 Å².